The van der Waals surface area contributed by atoms with Crippen LogP contribution in [-0.4, -0.2) is 37.2 Å². The number of benzene rings is 1. The number of Topliss-reactive ketones (excluding diaryl/α,β-unsaturated/α-hetero) is 1. The molecule has 8 unspecified atom stereocenters. The zero-order chi connectivity index (χ0) is 24.7. The molecule has 1 aromatic carbocycles. The van der Waals surface area contributed by atoms with Crippen LogP contribution in [0.4, 0.5) is 0 Å². The highest BCUT2D eigenvalue weighted by atomic mass is 16.6. The molecule has 6 rings (SSSR count). The Kier molecular flexibility index (Phi) is 5.16. The molecule has 5 aliphatic rings. The lowest BCUT2D eigenvalue weighted by atomic mass is 9.48. The molecule has 0 aromatic heterocycles. The minimum Gasteiger partial charge on any atom is -0.493 e. The zero-order valence-electron chi connectivity index (χ0n) is 21.1. The van der Waals surface area contributed by atoms with E-state index in [0.29, 0.717) is 28.9 Å². The molecular weight excluding hydrogens is 444 g/mol. The molecule has 0 saturated heterocycles. The van der Waals surface area contributed by atoms with E-state index in [4.69, 9.17) is 14.2 Å². The second kappa shape index (κ2) is 7.83. The van der Waals surface area contributed by atoms with Gasteiger partial charge in [-0.3, -0.25) is 4.79 Å². The number of methoxy groups -OCH3 is 2. The van der Waals surface area contributed by atoms with Gasteiger partial charge in [-0.05, 0) is 74.2 Å². The minimum atomic E-state index is -0.569. The van der Waals surface area contributed by atoms with E-state index < -0.39 is 12.1 Å². The number of hydrogen-bond acceptors (Lipinski definition) is 6. The Labute approximate surface area is 207 Å². The summed E-state index contributed by atoms with van der Waals surface area (Å²) in [7, 11) is 3.06. The van der Waals surface area contributed by atoms with Gasteiger partial charge in [0.25, 0.3) is 0 Å². The summed E-state index contributed by atoms with van der Waals surface area (Å²) in [5.41, 5.74) is 2.31. The molecule has 0 radical (unpaired) electrons. The Morgan fingerprint density at radius 3 is 2.54 bits per heavy atom. The third-order valence-electron chi connectivity index (χ3n) is 10.6. The van der Waals surface area contributed by atoms with Crippen molar-refractivity contribution in [3.63, 3.8) is 0 Å². The molecule has 3 fully saturated rings. The molecule has 1 aliphatic heterocycles. The second-order valence-electron chi connectivity index (χ2n) is 11.9. The summed E-state index contributed by atoms with van der Waals surface area (Å²) >= 11 is 0. The molecule has 188 valence electrons. The van der Waals surface area contributed by atoms with Gasteiger partial charge in [-0.2, -0.15) is 0 Å². The maximum Gasteiger partial charge on any atom is 0.343 e. The van der Waals surface area contributed by atoms with Gasteiger partial charge in [0.2, 0.25) is 0 Å². The number of carbonyl (C=O) groups excluding carboxylic acids is 2. The fraction of sp³-hybridized carbons (Fsp3) is 0.655. The first-order valence-corrected chi connectivity index (χ1v) is 13.1. The SMILES string of the molecule is COc1ccc2c(c1OC)C(=O)OC2C1CC2C3CC=C4CC(O)CCC4(C)C3CCC2(C)C1=O. The van der Waals surface area contributed by atoms with E-state index in [1.807, 2.05) is 6.07 Å². The number of cyclic esters (lactones) is 1. The van der Waals surface area contributed by atoms with Crippen molar-refractivity contribution in [2.24, 2.45) is 34.5 Å². The van der Waals surface area contributed by atoms with Crippen LogP contribution in [0.2, 0.25) is 0 Å². The van der Waals surface area contributed by atoms with Crippen LogP contribution in [0.1, 0.15) is 80.8 Å². The Bertz CT molecular complexity index is 1120. The van der Waals surface area contributed by atoms with E-state index in [1.54, 1.807) is 13.2 Å². The first kappa shape index (κ1) is 23.1. The average Bonchev–Trinajstić information content (AvgIpc) is 3.32. The van der Waals surface area contributed by atoms with Crippen molar-refractivity contribution in [1.29, 1.82) is 0 Å². The van der Waals surface area contributed by atoms with Gasteiger partial charge in [0.05, 0.1) is 26.2 Å². The number of hydrogen-bond donors (Lipinski definition) is 1. The molecule has 35 heavy (non-hydrogen) atoms. The summed E-state index contributed by atoms with van der Waals surface area (Å²) < 4.78 is 16.8. The number of rotatable bonds is 3. The standard InChI is InChI=1S/C29H36O6/c1-28-11-9-16(30)13-15(28)5-6-17-20(28)10-12-29(2)21(17)14-19(26(29)31)24-18-7-8-22(33-3)25(34-4)23(18)27(32)35-24/h5,7-8,16-17,19-21,24,30H,6,9-14H2,1-4H3. The Morgan fingerprint density at radius 1 is 1.03 bits per heavy atom. The van der Waals surface area contributed by atoms with Gasteiger partial charge in [0, 0.05) is 11.0 Å². The van der Waals surface area contributed by atoms with Gasteiger partial charge in [0.15, 0.2) is 11.5 Å². The number of aliphatic hydroxyl groups is 1. The highest BCUT2D eigenvalue weighted by Gasteiger charge is 2.63. The third kappa shape index (κ3) is 3.04. The van der Waals surface area contributed by atoms with Crippen LogP contribution in [0, 0.1) is 34.5 Å². The fourth-order valence-electron chi connectivity index (χ4n) is 8.69. The molecular formula is C29H36O6. The summed E-state index contributed by atoms with van der Waals surface area (Å²) in [6, 6.07) is 3.65. The van der Waals surface area contributed by atoms with Crippen molar-refractivity contribution in [2.75, 3.05) is 14.2 Å². The summed E-state index contributed by atoms with van der Waals surface area (Å²) in [4.78, 5) is 27.0. The smallest absolute Gasteiger partial charge is 0.343 e. The molecule has 0 amide bonds. The van der Waals surface area contributed by atoms with Crippen LogP contribution >= 0.6 is 0 Å². The normalized spacial score (nSPS) is 41.8. The number of ether oxygens (including phenoxy) is 3. The third-order valence-corrected chi connectivity index (χ3v) is 10.6. The van der Waals surface area contributed by atoms with Gasteiger partial charge in [-0.1, -0.05) is 31.6 Å². The molecule has 6 nitrogen and oxygen atoms in total. The zero-order valence-corrected chi connectivity index (χ0v) is 21.1. The largest absolute Gasteiger partial charge is 0.493 e. The highest BCUT2D eigenvalue weighted by Crippen LogP contribution is 2.66. The monoisotopic (exact) mass is 480 g/mol. The van der Waals surface area contributed by atoms with Crippen LogP contribution < -0.4 is 9.47 Å². The number of ketones is 1. The van der Waals surface area contributed by atoms with E-state index in [9.17, 15) is 14.7 Å². The minimum absolute atomic E-state index is 0.126. The van der Waals surface area contributed by atoms with Crippen LogP contribution in [0.3, 0.4) is 0 Å². The first-order valence-electron chi connectivity index (χ1n) is 13.1. The molecule has 4 aliphatic carbocycles. The van der Waals surface area contributed by atoms with Gasteiger partial charge >= 0.3 is 5.97 Å². The molecule has 8 atom stereocenters. The first-order chi connectivity index (χ1) is 16.7. The number of aliphatic hydroxyl groups excluding tert-OH is 1. The number of fused-ring (bicyclic) bond motifs is 6. The van der Waals surface area contributed by atoms with Crippen molar-refractivity contribution in [1.82, 2.24) is 0 Å². The fourth-order valence-corrected chi connectivity index (χ4v) is 8.69. The van der Waals surface area contributed by atoms with Crippen LogP contribution in [-0.2, 0) is 9.53 Å². The Hall–Kier alpha value is -2.34. The lowest BCUT2D eigenvalue weighted by Crippen LogP contribution is -2.50. The number of esters is 1. The van der Waals surface area contributed by atoms with Gasteiger partial charge in [-0.15, -0.1) is 0 Å². The van der Waals surface area contributed by atoms with Gasteiger partial charge in [0.1, 0.15) is 17.5 Å². The van der Waals surface area contributed by atoms with Crippen LogP contribution in [0.5, 0.6) is 11.5 Å². The lowest BCUT2D eigenvalue weighted by molar-refractivity contribution is -0.136. The van der Waals surface area contributed by atoms with Gasteiger partial charge < -0.3 is 19.3 Å². The molecule has 3 saturated carbocycles. The molecule has 6 heteroatoms. The predicted octanol–water partition coefficient (Wildman–Crippen LogP) is 5.03. The number of carbonyl (C=O) groups is 2. The Morgan fingerprint density at radius 2 is 1.80 bits per heavy atom. The van der Waals surface area contributed by atoms with Crippen LogP contribution in [0.25, 0.3) is 0 Å². The predicted molar refractivity (Wildman–Crippen MR) is 129 cm³/mol. The summed E-state index contributed by atoms with van der Waals surface area (Å²) in [6.45, 7) is 4.56. The summed E-state index contributed by atoms with van der Waals surface area (Å²) in [5, 5.41) is 10.3. The molecule has 1 aromatic rings. The molecule has 0 spiro atoms. The molecule has 1 heterocycles. The van der Waals surface area contributed by atoms with E-state index in [-0.39, 0.29) is 34.6 Å². The quantitative estimate of drug-likeness (QED) is 0.482. The lowest BCUT2D eigenvalue weighted by Gasteiger charge is -2.56. The summed E-state index contributed by atoms with van der Waals surface area (Å²) in [6.07, 6.45) is 7.95. The molecule has 1 N–H and O–H groups in total. The van der Waals surface area contributed by atoms with E-state index in [2.05, 4.69) is 19.9 Å². The summed E-state index contributed by atoms with van der Waals surface area (Å²) in [5.74, 6) is 1.62. The van der Waals surface area contributed by atoms with Crippen LogP contribution in [0.15, 0.2) is 23.8 Å². The average molecular weight is 481 g/mol. The Balaban J connectivity index is 1.34. The van der Waals surface area contributed by atoms with E-state index in [0.717, 1.165) is 50.5 Å². The van der Waals surface area contributed by atoms with Crippen molar-refractivity contribution in [2.45, 2.75) is 71.0 Å². The van der Waals surface area contributed by atoms with Crippen molar-refractivity contribution < 1.29 is 28.9 Å². The number of allylic oxidation sites excluding steroid dienone is 1. The van der Waals surface area contributed by atoms with E-state index >= 15 is 0 Å². The van der Waals surface area contributed by atoms with Gasteiger partial charge in [-0.25, -0.2) is 4.79 Å². The maximum atomic E-state index is 14.0. The topological polar surface area (TPSA) is 82.1 Å². The molecule has 0 bridgehead atoms. The maximum absolute atomic E-state index is 14.0. The van der Waals surface area contributed by atoms with Crippen molar-refractivity contribution in [3.05, 3.63) is 34.9 Å². The van der Waals surface area contributed by atoms with Crippen molar-refractivity contribution >= 4 is 11.8 Å². The van der Waals surface area contributed by atoms with E-state index in [1.165, 1.54) is 12.7 Å². The highest BCUT2D eigenvalue weighted by molar-refractivity contribution is 5.99. The second-order valence-corrected chi connectivity index (χ2v) is 11.9. The van der Waals surface area contributed by atoms with Crippen molar-refractivity contribution in [3.8, 4) is 11.5 Å².